The van der Waals surface area contributed by atoms with Gasteiger partial charge in [-0.15, -0.1) is 0 Å². The number of rotatable bonds is 2. The molecule has 3 rings (SSSR count). The quantitative estimate of drug-likeness (QED) is 0.522. The zero-order chi connectivity index (χ0) is 18.7. The Labute approximate surface area is 155 Å². The van der Waals surface area contributed by atoms with Crippen molar-refractivity contribution in [1.82, 2.24) is 0 Å². The highest BCUT2D eigenvalue weighted by atomic mass is 19.2. The van der Waals surface area contributed by atoms with Crippen molar-refractivity contribution < 1.29 is 8.78 Å². The van der Waals surface area contributed by atoms with E-state index < -0.39 is 11.6 Å². The maximum atomic E-state index is 14.2. The molecule has 0 spiro atoms. The first-order valence-corrected chi connectivity index (χ1v) is 9.55. The molecule has 0 heterocycles. The topological polar surface area (TPSA) is 0 Å². The summed E-state index contributed by atoms with van der Waals surface area (Å²) in [5.41, 5.74) is 2.68. The van der Waals surface area contributed by atoms with Crippen molar-refractivity contribution in [2.75, 3.05) is 0 Å². The fraction of sp³-hybridized carbons (Fsp3) is 0.417. The van der Waals surface area contributed by atoms with Crippen LogP contribution in [0.2, 0.25) is 0 Å². The highest BCUT2D eigenvalue weighted by Gasteiger charge is 2.19. The largest absolute Gasteiger partial charge is 0.203 e. The lowest BCUT2D eigenvalue weighted by Crippen LogP contribution is -2.10. The van der Waals surface area contributed by atoms with Crippen LogP contribution in [-0.2, 0) is 0 Å². The smallest absolute Gasteiger partial charge is 0.174 e. The van der Waals surface area contributed by atoms with Gasteiger partial charge in [0.25, 0.3) is 0 Å². The Morgan fingerprint density at radius 2 is 1.50 bits per heavy atom. The average Bonchev–Trinajstić information content (AvgIpc) is 2.64. The van der Waals surface area contributed by atoms with Crippen molar-refractivity contribution in [3.63, 3.8) is 0 Å². The van der Waals surface area contributed by atoms with Crippen molar-refractivity contribution in [3.8, 4) is 11.8 Å². The molecule has 0 aliphatic heterocycles. The van der Waals surface area contributed by atoms with Crippen LogP contribution in [-0.4, -0.2) is 0 Å². The molecule has 0 unspecified atom stereocenters. The maximum absolute atomic E-state index is 14.2. The van der Waals surface area contributed by atoms with Gasteiger partial charge in [-0.3, -0.25) is 0 Å². The number of benzene rings is 2. The molecule has 1 saturated carbocycles. The zero-order valence-electron chi connectivity index (χ0n) is 15.8. The van der Waals surface area contributed by atoms with Gasteiger partial charge in [0.1, 0.15) is 0 Å². The van der Waals surface area contributed by atoms with E-state index in [-0.39, 0.29) is 11.5 Å². The van der Waals surface area contributed by atoms with E-state index in [1.54, 1.807) is 12.1 Å². The van der Waals surface area contributed by atoms with Gasteiger partial charge in [-0.1, -0.05) is 63.7 Å². The van der Waals surface area contributed by atoms with E-state index in [2.05, 4.69) is 30.9 Å². The molecule has 0 N–H and O–H groups in total. The fourth-order valence-electron chi connectivity index (χ4n) is 3.68. The molecule has 1 fully saturated rings. The Kier molecular flexibility index (Phi) is 5.77. The second-order valence-corrected chi connectivity index (χ2v) is 7.81. The van der Waals surface area contributed by atoms with Crippen LogP contribution < -0.4 is 0 Å². The standard InChI is InChI=1S/C24H26F2/c1-16(2)22-15-14-21(23(25)24(22)26)13-8-18-6-11-20(12-7-18)19-9-4-17(3)5-10-19/h6-7,11-12,14-17,19H,4-5,9-10H2,1-3H3. The Morgan fingerprint density at radius 3 is 2.12 bits per heavy atom. The van der Waals surface area contributed by atoms with Crippen LogP contribution in [0.5, 0.6) is 0 Å². The van der Waals surface area contributed by atoms with Gasteiger partial charge in [0.05, 0.1) is 5.56 Å². The third-order valence-electron chi connectivity index (χ3n) is 5.47. The molecule has 0 atom stereocenters. The van der Waals surface area contributed by atoms with Crippen LogP contribution in [0.4, 0.5) is 8.78 Å². The molecule has 136 valence electrons. The molecule has 0 aromatic heterocycles. The van der Waals surface area contributed by atoms with Gasteiger partial charge in [0.15, 0.2) is 11.6 Å². The van der Waals surface area contributed by atoms with Gasteiger partial charge in [-0.05, 0) is 59.9 Å². The molecule has 2 heteroatoms. The van der Waals surface area contributed by atoms with Crippen molar-refractivity contribution in [3.05, 3.63) is 70.3 Å². The first-order valence-electron chi connectivity index (χ1n) is 9.55. The Hall–Kier alpha value is -2.14. The van der Waals surface area contributed by atoms with Gasteiger partial charge >= 0.3 is 0 Å². The molecular weight excluding hydrogens is 326 g/mol. The summed E-state index contributed by atoms with van der Waals surface area (Å²) in [4.78, 5) is 0. The first-order chi connectivity index (χ1) is 12.5. The van der Waals surface area contributed by atoms with Crippen molar-refractivity contribution in [2.24, 2.45) is 5.92 Å². The zero-order valence-corrected chi connectivity index (χ0v) is 15.8. The summed E-state index contributed by atoms with van der Waals surface area (Å²) in [5, 5.41) is 0. The fourth-order valence-corrected chi connectivity index (χ4v) is 3.68. The summed E-state index contributed by atoms with van der Waals surface area (Å²) in [6, 6.07) is 11.4. The minimum atomic E-state index is -0.850. The van der Waals surface area contributed by atoms with E-state index >= 15 is 0 Å². The van der Waals surface area contributed by atoms with E-state index in [0.717, 1.165) is 11.5 Å². The van der Waals surface area contributed by atoms with Gasteiger partial charge < -0.3 is 0 Å². The molecule has 0 amide bonds. The van der Waals surface area contributed by atoms with Crippen LogP contribution in [0.25, 0.3) is 0 Å². The predicted molar refractivity (Wildman–Crippen MR) is 103 cm³/mol. The molecule has 1 aliphatic rings. The van der Waals surface area contributed by atoms with Crippen LogP contribution in [0.15, 0.2) is 36.4 Å². The summed E-state index contributed by atoms with van der Waals surface area (Å²) in [5.74, 6) is 5.53. The van der Waals surface area contributed by atoms with Gasteiger partial charge in [-0.2, -0.15) is 0 Å². The van der Waals surface area contributed by atoms with Crippen LogP contribution >= 0.6 is 0 Å². The van der Waals surface area contributed by atoms with Gasteiger partial charge in [0, 0.05) is 5.56 Å². The second kappa shape index (κ2) is 8.04. The molecular formula is C24H26F2. The Balaban J connectivity index is 1.75. The number of hydrogen-bond acceptors (Lipinski definition) is 0. The summed E-state index contributed by atoms with van der Waals surface area (Å²) in [7, 11) is 0. The van der Waals surface area contributed by atoms with Gasteiger partial charge in [0.2, 0.25) is 0 Å². The molecule has 0 nitrogen and oxygen atoms in total. The van der Waals surface area contributed by atoms with Crippen LogP contribution in [0.1, 0.15) is 80.5 Å². The molecule has 0 saturated heterocycles. The lowest BCUT2D eigenvalue weighted by atomic mass is 9.79. The summed E-state index contributed by atoms with van der Waals surface area (Å²) < 4.78 is 28.3. The van der Waals surface area contributed by atoms with E-state index in [0.29, 0.717) is 11.5 Å². The molecule has 2 aromatic rings. The second-order valence-electron chi connectivity index (χ2n) is 7.81. The third kappa shape index (κ3) is 4.15. The van der Waals surface area contributed by atoms with Crippen molar-refractivity contribution in [2.45, 2.75) is 58.3 Å². The first kappa shape index (κ1) is 18.6. The van der Waals surface area contributed by atoms with E-state index in [1.165, 1.54) is 31.2 Å². The summed E-state index contributed by atoms with van der Waals surface area (Å²) >= 11 is 0. The Morgan fingerprint density at radius 1 is 0.846 bits per heavy atom. The maximum Gasteiger partial charge on any atom is 0.174 e. The minimum absolute atomic E-state index is 0.0539. The van der Waals surface area contributed by atoms with E-state index in [9.17, 15) is 8.78 Å². The summed E-state index contributed by atoms with van der Waals surface area (Å²) in [6.45, 7) is 6.01. The van der Waals surface area contributed by atoms with Crippen LogP contribution in [0.3, 0.4) is 0 Å². The van der Waals surface area contributed by atoms with Gasteiger partial charge in [-0.25, -0.2) is 8.78 Å². The van der Waals surface area contributed by atoms with Crippen molar-refractivity contribution >= 4 is 0 Å². The monoisotopic (exact) mass is 352 g/mol. The minimum Gasteiger partial charge on any atom is -0.203 e. The molecule has 0 bridgehead atoms. The summed E-state index contributed by atoms with van der Waals surface area (Å²) in [6.07, 6.45) is 5.09. The predicted octanol–water partition coefficient (Wildman–Crippen LogP) is 6.78. The highest BCUT2D eigenvalue weighted by Crippen LogP contribution is 2.35. The van der Waals surface area contributed by atoms with E-state index in [4.69, 9.17) is 0 Å². The SMILES string of the molecule is CC1CCC(c2ccc(C#Cc3ccc(C(C)C)c(F)c3F)cc2)CC1. The lowest BCUT2D eigenvalue weighted by molar-refractivity contribution is 0.348. The molecule has 26 heavy (non-hydrogen) atoms. The average molecular weight is 352 g/mol. The van der Waals surface area contributed by atoms with Crippen LogP contribution in [0, 0.1) is 29.4 Å². The number of hydrogen-bond donors (Lipinski definition) is 0. The van der Waals surface area contributed by atoms with E-state index in [1.807, 2.05) is 26.0 Å². The van der Waals surface area contributed by atoms with Crippen molar-refractivity contribution in [1.29, 1.82) is 0 Å². The molecule has 1 aliphatic carbocycles. The number of halogens is 2. The Bertz CT molecular complexity index is 814. The highest BCUT2D eigenvalue weighted by molar-refractivity contribution is 5.45. The normalized spacial score (nSPS) is 19.9. The molecule has 0 radical (unpaired) electrons. The third-order valence-corrected chi connectivity index (χ3v) is 5.47. The molecule has 2 aromatic carbocycles. The lowest BCUT2D eigenvalue weighted by Gasteiger charge is -2.26.